The first-order valence-corrected chi connectivity index (χ1v) is 7.11. The van der Waals surface area contributed by atoms with Crippen LogP contribution in [-0.2, 0) is 14.3 Å². The Hall–Kier alpha value is -1.10. The molecule has 0 aliphatic carbocycles. The molecule has 4 unspecified atom stereocenters. The molecule has 3 rings (SSSR count). The largest absolute Gasteiger partial charge is 0.373 e. The summed E-state index contributed by atoms with van der Waals surface area (Å²) in [6.45, 7) is 6.13. The van der Waals surface area contributed by atoms with E-state index in [9.17, 15) is 9.59 Å². The number of fused-ring (bicyclic) bond motifs is 2. The summed E-state index contributed by atoms with van der Waals surface area (Å²) in [6.07, 6.45) is 3.43. The summed E-state index contributed by atoms with van der Waals surface area (Å²) in [7, 11) is 0. The third kappa shape index (κ3) is 2.14. The van der Waals surface area contributed by atoms with Crippen molar-refractivity contribution in [1.29, 1.82) is 0 Å². The van der Waals surface area contributed by atoms with Gasteiger partial charge in [0.25, 0.3) is 0 Å². The molecule has 3 aliphatic rings. The van der Waals surface area contributed by atoms with E-state index in [1.807, 2.05) is 20.8 Å². The second kappa shape index (κ2) is 4.20. The topological polar surface area (TPSA) is 58.6 Å². The van der Waals surface area contributed by atoms with Gasteiger partial charge in [0.05, 0.1) is 18.2 Å². The number of nitrogens with one attached hydrogen (secondary N) is 1. The van der Waals surface area contributed by atoms with Crippen LogP contribution in [0.5, 0.6) is 0 Å². The lowest BCUT2D eigenvalue weighted by Crippen LogP contribution is -2.65. The van der Waals surface area contributed by atoms with Gasteiger partial charge in [-0.05, 0) is 24.7 Å². The van der Waals surface area contributed by atoms with E-state index in [1.165, 1.54) is 0 Å². The molecule has 0 radical (unpaired) electrons. The molecule has 3 aliphatic heterocycles. The number of rotatable bonds is 1. The number of piperazine rings is 1. The van der Waals surface area contributed by atoms with E-state index in [2.05, 4.69) is 5.32 Å². The van der Waals surface area contributed by atoms with Gasteiger partial charge in [-0.3, -0.25) is 9.59 Å². The van der Waals surface area contributed by atoms with Crippen molar-refractivity contribution in [3.8, 4) is 0 Å². The molecular formula is C14H22N2O3. The predicted molar refractivity (Wildman–Crippen MR) is 69.4 cm³/mol. The van der Waals surface area contributed by atoms with E-state index in [0.717, 1.165) is 19.3 Å². The van der Waals surface area contributed by atoms with Crippen LogP contribution >= 0.6 is 0 Å². The SMILES string of the molecule is CC(C)(C)C1NC(=O)CN(C2CC3CCC2O3)C1=O. The minimum Gasteiger partial charge on any atom is -0.373 e. The number of ether oxygens (including phenoxy) is 1. The molecular weight excluding hydrogens is 244 g/mol. The molecule has 4 atom stereocenters. The standard InChI is InChI=1S/C14H22N2O3/c1-14(2,3)12-13(18)16(7-11(17)15-12)9-6-8-4-5-10(9)19-8/h8-10,12H,4-7H2,1-3H3,(H,15,17). The number of amides is 2. The van der Waals surface area contributed by atoms with Crippen molar-refractivity contribution in [2.45, 2.75) is 64.3 Å². The van der Waals surface area contributed by atoms with Crippen LogP contribution in [-0.4, -0.2) is 47.6 Å². The van der Waals surface area contributed by atoms with Crippen molar-refractivity contribution in [1.82, 2.24) is 10.2 Å². The Bertz CT molecular complexity index is 415. The molecule has 2 bridgehead atoms. The van der Waals surface area contributed by atoms with Gasteiger partial charge in [-0.25, -0.2) is 0 Å². The van der Waals surface area contributed by atoms with Gasteiger partial charge < -0.3 is 15.0 Å². The zero-order valence-electron chi connectivity index (χ0n) is 11.8. The van der Waals surface area contributed by atoms with Gasteiger partial charge >= 0.3 is 0 Å². The second-order valence-electron chi connectivity index (χ2n) is 7.01. The maximum atomic E-state index is 12.6. The average Bonchev–Trinajstić information content (AvgIpc) is 2.92. The summed E-state index contributed by atoms with van der Waals surface area (Å²) in [4.78, 5) is 26.3. The van der Waals surface area contributed by atoms with Gasteiger partial charge in [0.1, 0.15) is 12.6 Å². The van der Waals surface area contributed by atoms with Gasteiger partial charge in [0.2, 0.25) is 11.8 Å². The fourth-order valence-corrected chi connectivity index (χ4v) is 3.47. The van der Waals surface area contributed by atoms with E-state index in [1.54, 1.807) is 4.90 Å². The Balaban J connectivity index is 1.81. The first-order chi connectivity index (χ1) is 8.86. The monoisotopic (exact) mass is 266 g/mol. The molecule has 0 spiro atoms. The molecule has 5 nitrogen and oxygen atoms in total. The van der Waals surface area contributed by atoms with Gasteiger partial charge in [-0.15, -0.1) is 0 Å². The number of hydrogen-bond donors (Lipinski definition) is 1. The number of nitrogens with zero attached hydrogens (tertiary/aromatic N) is 1. The molecule has 19 heavy (non-hydrogen) atoms. The van der Waals surface area contributed by atoms with E-state index >= 15 is 0 Å². The fourth-order valence-electron chi connectivity index (χ4n) is 3.47. The van der Waals surface area contributed by atoms with Crippen molar-refractivity contribution in [2.24, 2.45) is 5.41 Å². The van der Waals surface area contributed by atoms with Crippen LogP contribution < -0.4 is 5.32 Å². The minimum atomic E-state index is -0.423. The smallest absolute Gasteiger partial charge is 0.246 e. The van der Waals surface area contributed by atoms with E-state index < -0.39 is 6.04 Å². The van der Waals surface area contributed by atoms with Gasteiger partial charge in [0, 0.05) is 0 Å². The third-order valence-corrected chi connectivity index (χ3v) is 4.49. The third-order valence-electron chi connectivity index (χ3n) is 4.49. The molecule has 0 aromatic rings. The molecule has 0 saturated carbocycles. The Labute approximate surface area is 113 Å². The highest BCUT2D eigenvalue weighted by Gasteiger charge is 2.49. The Morgan fingerprint density at radius 3 is 2.53 bits per heavy atom. The summed E-state index contributed by atoms with van der Waals surface area (Å²) in [5.41, 5.74) is -0.260. The van der Waals surface area contributed by atoms with Crippen LogP contribution in [0.2, 0.25) is 0 Å². The molecule has 1 N–H and O–H groups in total. The van der Waals surface area contributed by atoms with Gasteiger partial charge in [-0.2, -0.15) is 0 Å². The molecule has 0 aromatic carbocycles. The molecule has 3 heterocycles. The number of carbonyl (C=O) groups is 2. The first kappa shape index (κ1) is 12.9. The summed E-state index contributed by atoms with van der Waals surface area (Å²) in [6, 6.07) is -0.324. The summed E-state index contributed by atoms with van der Waals surface area (Å²) in [5.74, 6) is -0.00412. The van der Waals surface area contributed by atoms with Crippen LogP contribution in [0.1, 0.15) is 40.0 Å². The molecule has 0 aromatic heterocycles. The quantitative estimate of drug-likeness (QED) is 0.759. The molecule has 106 valence electrons. The van der Waals surface area contributed by atoms with Crippen molar-refractivity contribution < 1.29 is 14.3 Å². The molecule has 2 amide bonds. The minimum absolute atomic E-state index is 0.0493. The molecule has 5 heteroatoms. The van der Waals surface area contributed by atoms with E-state index in [0.29, 0.717) is 6.10 Å². The Morgan fingerprint density at radius 1 is 1.26 bits per heavy atom. The normalized spacial score (nSPS) is 38.8. The van der Waals surface area contributed by atoms with E-state index in [-0.39, 0.29) is 35.9 Å². The van der Waals surface area contributed by atoms with E-state index in [4.69, 9.17) is 4.74 Å². The van der Waals surface area contributed by atoms with Crippen LogP contribution in [0.15, 0.2) is 0 Å². The van der Waals surface area contributed by atoms with Crippen LogP contribution in [0.4, 0.5) is 0 Å². The fraction of sp³-hybridized carbons (Fsp3) is 0.857. The zero-order chi connectivity index (χ0) is 13.8. The summed E-state index contributed by atoms with van der Waals surface area (Å²) in [5, 5.41) is 2.83. The first-order valence-electron chi connectivity index (χ1n) is 7.11. The number of carbonyl (C=O) groups excluding carboxylic acids is 2. The van der Waals surface area contributed by atoms with Crippen molar-refractivity contribution >= 4 is 11.8 Å². The predicted octanol–water partition coefficient (Wildman–Crippen LogP) is 0.679. The highest BCUT2D eigenvalue weighted by molar-refractivity contribution is 5.95. The van der Waals surface area contributed by atoms with Gasteiger partial charge in [0.15, 0.2) is 0 Å². The van der Waals surface area contributed by atoms with Crippen molar-refractivity contribution in [2.75, 3.05) is 6.54 Å². The summed E-state index contributed by atoms with van der Waals surface area (Å²) >= 11 is 0. The summed E-state index contributed by atoms with van der Waals surface area (Å²) < 4.78 is 5.82. The highest BCUT2D eigenvalue weighted by atomic mass is 16.5. The Morgan fingerprint density at radius 2 is 2.00 bits per heavy atom. The number of hydrogen-bond acceptors (Lipinski definition) is 3. The molecule has 3 fully saturated rings. The van der Waals surface area contributed by atoms with Crippen molar-refractivity contribution in [3.63, 3.8) is 0 Å². The van der Waals surface area contributed by atoms with Crippen LogP contribution in [0.3, 0.4) is 0 Å². The highest BCUT2D eigenvalue weighted by Crippen LogP contribution is 2.38. The Kier molecular flexibility index (Phi) is 2.85. The average molecular weight is 266 g/mol. The van der Waals surface area contributed by atoms with Crippen molar-refractivity contribution in [3.05, 3.63) is 0 Å². The van der Waals surface area contributed by atoms with Crippen LogP contribution in [0.25, 0.3) is 0 Å². The lowest BCUT2D eigenvalue weighted by molar-refractivity contribution is -0.150. The zero-order valence-corrected chi connectivity index (χ0v) is 11.8. The maximum absolute atomic E-state index is 12.6. The second-order valence-corrected chi connectivity index (χ2v) is 7.01. The van der Waals surface area contributed by atoms with Crippen LogP contribution in [0, 0.1) is 5.41 Å². The van der Waals surface area contributed by atoms with Gasteiger partial charge in [-0.1, -0.05) is 20.8 Å². The molecule has 3 saturated heterocycles. The lowest BCUT2D eigenvalue weighted by Gasteiger charge is -2.42. The lowest BCUT2D eigenvalue weighted by atomic mass is 9.83. The maximum Gasteiger partial charge on any atom is 0.246 e.